The molecule has 10 unspecified atom stereocenters. The molecule has 6 fully saturated rings. The lowest BCUT2D eigenvalue weighted by molar-refractivity contribution is -0.164. The van der Waals surface area contributed by atoms with E-state index in [1.54, 1.807) is 0 Å². The molecule has 29 heavy (non-hydrogen) atoms. The molecule has 7 nitrogen and oxygen atoms in total. The highest BCUT2D eigenvalue weighted by atomic mass is 16.6. The van der Waals surface area contributed by atoms with Gasteiger partial charge in [0.2, 0.25) is 0 Å². The number of hydrogen-bond donors (Lipinski definition) is 0. The van der Waals surface area contributed by atoms with Crippen LogP contribution in [0.5, 0.6) is 0 Å². The van der Waals surface area contributed by atoms with Gasteiger partial charge in [0, 0.05) is 0 Å². The standard InChI is InChI=1S/C22H30O7/c23-21(25-9-11-1-3-15-17(5-11)27-15)13-7-19-20(29-19)8-14(13)22(24)26-10-12-2-4-16-18(6-12)28-16/h11-20H,1-10H2. The van der Waals surface area contributed by atoms with Crippen molar-refractivity contribution >= 4 is 11.9 Å². The molecule has 3 saturated heterocycles. The summed E-state index contributed by atoms with van der Waals surface area (Å²) in [6.07, 6.45) is 9.20. The summed E-state index contributed by atoms with van der Waals surface area (Å²) in [7, 11) is 0. The van der Waals surface area contributed by atoms with Gasteiger partial charge in [-0.3, -0.25) is 9.59 Å². The Labute approximate surface area is 170 Å². The number of hydrogen-bond acceptors (Lipinski definition) is 7. The van der Waals surface area contributed by atoms with E-state index >= 15 is 0 Å². The third kappa shape index (κ3) is 3.93. The molecule has 3 aliphatic carbocycles. The fourth-order valence-electron chi connectivity index (χ4n) is 5.83. The highest BCUT2D eigenvalue weighted by molar-refractivity contribution is 5.82. The fourth-order valence-corrected chi connectivity index (χ4v) is 5.83. The third-order valence-corrected chi connectivity index (χ3v) is 7.90. The first-order chi connectivity index (χ1) is 14.1. The normalized spacial score (nSPS) is 49.1. The van der Waals surface area contributed by atoms with E-state index < -0.39 is 11.8 Å². The highest BCUT2D eigenvalue weighted by Crippen LogP contribution is 2.45. The van der Waals surface area contributed by atoms with Crippen LogP contribution in [0.15, 0.2) is 0 Å². The molecule has 0 aromatic heterocycles. The minimum atomic E-state index is -0.442. The molecule has 7 heteroatoms. The molecule has 0 N–H and O–H groups in total. The van der Waals surface area contributed by atoms with E-state index in [-0.39, 0.29) is 24.1 Å². The lowest BCUT2D eigenvalue weighted by Gasteiger charge is -2.28. The van der Waals surface area contributed by atoms with Crippen molar-refractivity contribution in [3.05, 3.63) is 0 Å². The molecule has 0 spiro atoms. The Kier molecular flexibility index (Phi) is 4.61. The van der Waals surface area contributed by atoms with Gasteiger partial charge in [-0.25, -0.2) is 0 Å². The molecule has 0 aromatic rings. The first-order valence-corrected chi connectivity index (χ1v) is 11.4. The number of rotatable bonds is 6. The van der Waals surface area contributed by atoms with E-state index in [0.717, 1.165) is 38.5 Å². The number of carbonyl (C=O) groups is 2. The number of esters is 2. The van der Waals surface area contributed by atoms with Gasteiger partial charge in [0.25, 0.3) is 0 Å². The summed E-state index contributed by atoms with van der Waals surface area (Å²) in [6, 6.07) is 0. The minimum Gasteiger partial charge on any atom is -0.465 e. The van der Waals surface area contributed by atoms with Gasteiger partial charge in [0.1, 0.15) is 0 Å². The molecular formula is C22H30O7. The van der Waals surface area contributed by atoms with Gasteiger partial charge in [0.15, 0.2) is 0 Å². The molecule has 3 saturated carbocycles. The lowest BCUT2D eigenvalue weighted by Crippen LogP contribution is -2.38. The molecule has 3 heterocycles. The molecule has 3 aliphatic heterocycles. The third-order valence-electron chi connectivity index (χ3n) is 7.90. The van der Waals surface area contributed by atoms with Crippen LogP contribution in [0.1, 0.15) is 51.4 Å². The molecule has 0 radical (unpaired) electrons. The van der Waals surface area contributed by atoms with Gasteiger partial charge in [-0.05, 0) is 63.2 Å². The van der Waals surface area contributed by atoms with Gasteiger partial charge >= 0.3 is 11.9 Å². The van der Waals surface area contributed by atoms with Crippen molar-refractivity contribution in [3.8, 4) is 0 Å². The summed E-state index contributed by atoms with van der Waals surface area (Å²) >= 11 is 0. The monoisotopic (exact) mass is 406 g/mol. The van der Waals surface area contributed by atoms with Gasteiger partial charge in [-0.2, -0.15) is 0 Å². The van der Waals surface area contributed by atoms with Crippen LogP contribution < -0.4 is 0 Å². The number of fused-ring (bicyclic) bond motifs is 3. The summed E-state index contributed by atoms with van der Waals surface area (Å²) in [5, 5.41) is 0. The Hall–Kier alpha value is -1.18. The van der Waals surface area contributed by atoms with E-state index in [9.17, 15) is 9.59 Å². The van der Waals surface area contributed by atoms with Gasteiger partial charge in [0.05, 0.1) is 61.7 Å². The van der Waals surface area contributed by atoms with Crippen molar-refractivity contribution in [2.75, 3.05) is 13.2 Å². The maximum atomic E-state index is 12.8. The van der Waals surface area contributed by atoms with Crippen molar-refractivity contribution in [2.24, 2.45) is 23.7 Å². The Morgan fingerprint density at radius 1 is 0.586 bits per heavy atom. The van der Waals surface area contributed by atoms with Crippen molar-refractivity contribution in [2.45, 2.75) is 88.0 Å². The highest BCUT2D eigenvalue weighted by Gasteiger charge is 2.54. The summed E-state index contributed by atoms with van der Waals surface area (Å²) < 4.78 is 28.1. The maximum absolute atomic E-state index is 12.8. The topological polar surface area (TPSA) is 90.2 Å². The Morgan fingerprint density at radius 2 is 1.00 bits per heavy atom. The van der Waals surface area contributed by atoms with Crippen molar-refractivity contribution in [3.63, 3.8) is 0 Å². The van der Waals surface area contributed by atoms with E-state index in [2.05, 4.69) is 0 Å². The van der Waals surface area contributed by atoms with E-state index in [1.165, 1.54) is 0 Å². The van der Waals surface area contributed by atoms with Crippen molar-refractivity contribution in [1.29, 1.82) is 0 Å². The van der Waals surface area contributed by atoms with E-state index in [1.807, 2.05) is 0 Å². The molecular weight excluding hydrogens is 376 g/mol. The molecule has 0 bridgehead atoms. The predicted molar refractivity (Wildman–Crippen MR) is 98.8 cm³/mol. The number of epoxide rings is 3. The quantitative estimate of drug-likeness (QED) is 0.492. The summed E-state index contributed by atoms with van der Waals surface area (Å²) in [5.41, 5.74) is 0. The predicted octanol–water partition coefficient (Wildman–Crippen LogP) is 2.00. The first-order valence-electron chi connectivity index (χ1n) is 11.4. The van der Waals surface area contributed by atoms with Crippen LogP contribution >= 0.6 is 0 Å². The second-order valence-electron chi connectivity index (χ2n) is 9.94. The molecule has 160 valence electrons. The fraction of sp³-hybridized carbons (Fsp3) is 0.909. The average molecular weight is 406 g/mol. The lowest BCUT2D eigenvalue weighted by atomic mass is 9.79. The van der Waals surface area contributed by atoms with Crippen LogP contribution in [-0.2, 0) is 33.3 Å². The van der Waals surface area contributed by atoms with E-state index in [4.69, 9.17) is 23.7 Å². The van der Waals surface area contributed by atoms with Crippen LogP contribution in [-0.4, -0.2) is 61.8 Å². The number of carbonyl (C=O) groups excluding carboxylic acids is 2. The Bertz CT molecular complexity index is 624. The Balaban J connectivity index is 1.02. The Morgan fingerprint density at radius 3 is 1.45 bits per heavy atom. The van der Waals surface area contributed by atoms with Crippen LogP contribution in [0, 0.1) is 23.7 Å². The van der Waals surface area contributed by atoms with Crippen LogP contribution in [0.2, 0.25) is 0 Å². The van der Waals surface area contributed by atoms with E-state index in [0.29, 0.717) is 62.3 Å². The zero-order valence-electron chi connectivity index (χ0n) is 16.7. The van der Waals surface area contributed by atoms with Gasteiger partial charge in [-0.1, -0.05) is 0 Å². The molecule has 10 atom stereocenters. The second-order valence-corrected chi connectivity index (χ2v) is 9.94. The number of ether oxygens (including phenoxy) is 5. The summed E-state index contributed by atoms with van der Waals surface area (Å²) in [5.74, 6) is -0.648. The zero-order valence-corrected chi connectivity index (χ0v) is 16.7. The first kappa shape index (κ1) is 18.6. The SMILES string of the molecule is O=C(OCC1CCC2OC2C1)C1CC2OC2CC1C(=O)OCC1CCC2OC2C1. The smallest absolute Gasteiger partial charge is 0.309 e. The van der Waals surface area contributed by atoms with Crippen LogP contribution in [0.3, 0.4) is 0 Å². The average Bonchev–Trinajstić information content (AvgIpc) is 3.59. The van der Waals surface area contributed by atoms with Gasteiger partial charge < -0.3 is 23.7 Å². The molecule has 6 aliphatic rings. The molecule has 6 rings (SSSR count). The van der Waals surface area contributed by atoms with Crippen LogP contribution in [0.25, 0.3) is 0 Å². The molecule has 0 aromatic carbocycles. The zero-order chi connectivity index (χ0) is 19.5. The summed E-state index contributed by atoms with van der Waals surface area (Å²) in [4.78, 5) is 25.7. The second kappa shape index (κ2) is 7.20. The van der Waals surface area contributed by atoms with Crippen LogP contribution in [0.4, 0.5) is 0 Å². The van der Waals surface area contributed by atoms with Crippen molar-refractivity contribution in [1.82, 2.24) is 0 Å². The largest absolute Gasteiger partial charge is 0.465 e. The maximum Gasteiger partial charge on any atom is 0.309 e. The summed E-state index contributed by atoms with van der Waals surface area (Å²) in [6.45, 7) is 0.868. The molecule has 0 amide bonds. The van der Waals surface area contributed by atoms with Gasteiger partial charge in [-0.15, -0.1) is 0 Å². The minimum absolute atomic E-state index is 0.106. The van der Waals surface area contributed by atoms with Crippen molar-refractivity contribution < 1.29 is 33.3 Å².